The van der Waals surface area contributed by atoms with Gasteiger partial charge >= 0.3 is 0 Å². The van der Waals surface area contributed by atoms with Crippen LogP contribution in [0.15, 0.2) is 41.8 Å². The van der Waals surface area contributed by atoms with Crippen LogP contribution in [0.2, 0.25) is 0 Å². The average Bonchev–Trinajstić information content (AvgIpc) is 3.19. The van der Waals surface area contributed by atoms with E-state index in [2.05, 4.69) is 76.6 Å². The predicted octanol–water partition coefficient (Wildman–Crippen LogP) is 5.93. The first-order valence-electron chi connectivity index (χ1n) is 7.79. The molecule has 2 unspecified atom stereocenters. The number of thiophene rings is 1. The van der Waals surface area contributed by atoms with E-state index in [-0.39, 0.29) is 0 Å². The molecule has 0 amide bonds. The summed E-state index contributed by atoms with van der Waals surface area (Å²) in [6.07, 6.45) is 5.53. The van der Waals surface area contributed by atoms with Gasteiger partial charge in [-0.25, -0.2) is 0 Å². The standard InChI is InChI=1S/C18H22INS/c1-13(14-8-10-16(19)11-9-14)20-18(15-5-2-3-6-15)17-7-4-12-21-17/h4,7-13,15,18,20H,2-3,5-6H2,1H3. The van der Waals surface area contributed by atoms with Crippen molar-refractivity contribution in [2.45, 2.75) is 44.7 Å². The molecule has 1 nitrogen and oxygen atoms in total. The van der Waals surface area contributed by atoms with E-state index in [1.54, 1.807) is 0 Å². The maximum absolute atomic E-state index is 3.91. The van der Waals surface area contributed by atoms with Crippen molar-refractivity contribution in [2.75, 3.05) is 0 Å². The van der Waals surface area contributed by atoms with Crippen LogP contribution in [-0.2, 0) is 0 Å². The van der Waals surface area contributed by atoms with Crippen molar-refractivity contribution in [3.63, 3.8) is 0 Å². The summed E-state index contributed by atoms with van der Waals surface area (Å²) in [7, 11) is 0. The van der Waals surface area contributed by atoms with Crippen molar-refractivity contribution >= 4 is 33.9 Å². The van der Waals surface area contributed by atoms with Crippen LogP contribution < -0.4 is 5.32 Å². The zero-order chi connectivity index (χ0) is 14.7. The number of benzene rings is 1. The molecule has 0 spiro atoms. The summed E-state index contributed by atoms with van der Waals surface area (Å²) in [5.74, 6) is 0.801. The molecule has 2 atom stereocenters. The molecule has 1 aromatic carbocycles. The van der Waals surface area contributed by atoms with Gasteiger partial charge < -0.3 is 5.32 Å². The van der Waals surface area contributed by atoms with Crippen molar-refractivity contribution in [2.24, 2.45) is 5.92 Å². The van der Waals surface area contributed by atoms with Crippen LogP contribution in [0.5, 0.6) is 0 Å². The van der Waals surface area contributed by atoms with Crippen LogP contribution in [-0.4, -0.2) is 0 Å². The van der Waals surface area contributed by atoms with E-state index in [9.17, 15) is 0 Å². The van der Waals surface area contributed by atoms with E-state index < -0.39 is 0 Å². The normalized spacial score (nSPS) is 18.8. The molecule has 3 heteroatoms. The summed E-state index contributed by atoms with van der Waals surface area (Å²) >= 11 is 4.26. The summed E-state index contributed by atoms with van der Waals surface area (Å²) in [5, 5.41) is 6.11. The van der Waals surface area contributed by atoms with Gasteiger partial charge in [0.25, 0.3) is 0 Å². The molecule has 0 bridgehead atoms. The van der Waals surface area contributed by atoms with E-state index in [0.717, 1.165) is 5.92 Å². The fraction of sp³-hybridized carbons (Fsp3) is 0.444. The largest absolute Gasteiger partial charge is 0.302 e. The number of halogens is 1. The maximum Gasteiger partial charge on any atom is 0.0448 e. The van der Waals surface area contributed by atoms with Crippen LogP contribution in [0.25, 0.3) is 0 Å². The third-order valence-electron chi connectivity index (χ3n) is 4.52. The third kappa shape index (κ3) is 3.88. The Balaban J connectivity index is 1.76. The molecule has 1 fully saturated rings. The Labute approximate surface area is 145 Å². The minimum absolute atomic E-state index is 0.398. The lowest BCUT2D eigenvalue weighted by atomic mass is 9.95. The van der Waals surface area contributed by atoms with Crippen LogP contribution in [0.4, 0.5) is 0 Å². The Hall–Kier alpha value is -0.390. The Bertz CT molecular complexity index is 543. The van der Waals surface area contributed by atoms with Gasteiger partial charge in [0, 0.05) is 20.5 Å². The molecular weight excluding hydrogens is 389 g/mol. The quantitative estimate of drug-likeness (QED) is 0.601. The molecular formula is C18H22INS. The summed E-state index contributed by atoms with van der Waals surface area (Å²) < 4.78 is 1.30. The highest BCUT2D eigenvalue weighted by molar-refractivity contribution is 14.1. The number of rotatable bonds is 5. The van der Waals surface area contributed by atoms with Crippen molar-refractivity contribution < 1.29 is 0 Å². The molecule has 1 heterocycles. The van der Waals surface area contributed by atoms with Gasteiger partial charge in [-0.2, -0.15) is 0 Å². The Morgan fingerprint density at radius 3 is 2.48 bits per heavy atom. The highest BCUT2D eigenvalue weighted by Crippen LogP contribution is 2.38. The van der Waals surface area contributed by atoms with Gasteiger partial charge in [0.15, 0.2) is 0 Å². The van der Waals surface area contributed by atoms with Crippen molar-refractivity contribution in [1.82, 2.24) is 5.32 Å². The summed E-state index contributed by atoms with van der Waals surface area (Å²) in [6, 6.07) is 14.3. The van der Waals surface area contributed by atoms with E-state index in [1.165, 1.54) is 39.7 Å². The van der Waals surface area contributed by atoms with Crippen LogP contribution in [0, 0.1) is 9.49 Å². The molecule has 0 radical (unpaired) electrons. The molecule has 2 aromatic rings. The monoisotopic (exact) mass is 411 g/mol. The zero-order valence-corrected chi connectivity index (χ0v) is 15.4. The molecule has 1 N–H and O–H groups in total. The Morgan fingerprint density at radius 1 is 1.14 bits per heavy atom. The van der Waals surface area contributed by atoms with E-state index in [0.29, 0.717) is 12.1 Å². The lowest BCUT2D eigenvalue weighted by Crippen LogP contribution is -2.29. The first-order valence-corrected chi connectivity index (χ1v) is 9.75. The molecule has 1 aliphatic rings. The first-order chi connectivity index (χ1) is 10.2. The second kappa shape index (κ2) is 7.25. The summed E-state index contributed by atoms with van der Waals surface area (Å²) in [4.78, 5) is 1.50. The van der Waals surface area contributed by atoms with Crippen molar-refractivity contribution in [3.8, 4) is 0 Å². The number of hydrogen-bond acceptors (Lipinski definition) is 2. The Morgan fingerprint density at radius 2 is 1.86 bits per heavy atom. The molecule has 0 saturated heterocycles. The van der Waals surface area contributed by atoms with Gasteiger partial charge in [-0.1, -0.05) is 31.0 Å². The molecule has 1 saturated carbocycles. The van der Waals surface area contributed by atoms with Gasteiger partial charge in [-0.3, -0.25) is 0 Å². The number of nitrogens with one attached hydrogen (secondary N) is 1. The van der Waals surface area contributed by atoms with Gasteiger partial charge in [0.05, 0.1) is 0 Å². The molecule has 1 aromatic heterocycles. The van der Waals surface area contributed by atoms with Crippen LogP contribution >= 0.6 is 33.9 Å². The molecule has 3 rings (SSSR count). The Kier molecular flexibility index (Phi) is 5.35. The van der Waals surface area contributed by atoms with Gasteiger partial charge in [-0.05, 0) is 77.4 Å². The third-order valence-corrected chi connectivity index (χ3v) is 6.20. The van der Waals surface area contributed by atoms with E-state index >= 15 is 0 Å². The topological polar surface area (TPSA) is 12.0 Å². The SMILES string of the molecule is CC(NC(c1cccs1)C1CCCC1)c1ccc(I)cc1. The van der Waals surface area contributed by atoms with E-state index in [4.69, 9.17) is 0 Å². The fourth-order valence-corrected chi connectivity index (χ4v) is 4.56. The molecule has 1 aliphatic carbocycles. The highest BCUT2D eigenvalue weighted by atomic mass is 127. The first kappa shape index (κ1) is 15.5. The van der Waals surface area contributed by atoms with E-state index in [1.807, 2.05) is 11.3 Å². The smallest absolute Gasteiger partial charge is 0.0448 e. The lowest BCUT2D eigenvalue weighted by molar-refractivity contribution is 0.343. The van der Waals surface area contributed by atoms with Crippen molar-refractivity contribution in [1.29, 1.82) is 0 Å². The lowest BCUT2D eigenvalue weighted by Gasteiger charge is -2.28. The second-order valence-corrected chi connectivity index (χ2v) is 8.20. The van der Waals surface area contributed by atoms with Crippen molar-refractivity contribution in [3.05, 3.63) is 55.8 Å². The maximum atomic E-state index is 3.91. The minimum Gasteiger partial charge on any atom is -0.302 e. The van der Waals surface area contributed by atoms with Gasteiger partial charge in [-0.15, -0.1) is 11.3 Å². The molecule has 0 aliphatic heterocycles. The van der Waals surface area contributed by atoms with Crippen LogP contribution in [0.1, 0.15) is 55.1 Å². The average molecular weight is 411 g/mol. The summed E-state index contributed by atoms with van der Waals surface area (Å²) in [6.45, 7) is 2.29. The molecule has 112 valence electrons. The van der Waals surface area contributed by atoms with Gasteiger partial charge in [0.2, 0.25) is 0 Å². The fourth-order valence-electron chi connectivity index (χ4n) is 3.33. The zero-order valence-electron chi connectivity index (χ0n) is 12.4. The molecule has 21 heavy (non-hydrogen) atoms. The second-order valence-electron chi connectivity index (χ2n) is 5.98. The van der Waals surface area contributed by atoms with Gasteiger partial charge in [0.1, 0.15) is 0 Å². The minimum atomic E-state index is 0.398. The number of hydrogen-bond donors (Lipinski definition) is 1. The summed E-state index contributed by atoms with van der Waals surface area (Å²) in [5.41, 5.74) is 1.38. The van der Waals surface area contributed by atoms with Crippen LogP contribution in [0.3, 0.4) is 0 Å². The predicted molar refractivity (Wildman–Crippen MR) is 99.7 cm³/mol. The highest BCUT2D eigenvalue weighted by Gasteiger charge is 2.28.